The van der Waals surface area contributed by atoms with Crippen LogP contribution in [0.2, 0.25) is 0 Å². The fourth-order valence-corrected chi connectivity index (χ4v) is 2.18. The number of nitrogens with one attached hydrogen (secondary N) is 2. The zero-order valence-corrected chi connectivity index (χ0v) is 14.2. The average molecular weight is 317 g/mol. The molecule has 0 saturated carbocycles. The Balaban J connectivity index is 1.83. The number of nitrogens with zero attached hydrogens (tertiary/aromatic N) is 3. The van der Waals surface area contributed by atoms with Crippen molar-refractivity contribution >= 4 is 5.96 Å². The normalized spacial score (nSPS) is 13.1. The van der Waals surface area contributed by atoms with Gasteiger partial charge < -0.3 is 15.1 Å². The minimum Gasteiger partial charge on any atom is -0.469 e. The lowest BCUT2D eigenvalue weighted by Crippen LogP contribution is -2.43. The zero-order chi connectivity index (χ0) is 16.5. The number of rotatable bonds is 8. The molecule has 0 aromatic carbocycles. The van der Waals surface area contributed by atoms with E-state index in [1.54, 1.807) is 6.26 Å². The van der Waals surface area contributed by atoms with Crippen molar-refractivity contribution in [2.45, 2.75) is 39.2 Å². The van der Waals surface area contributed by atoms with Crippen molar-refractivity contribution in [1.29, 1.82) is 0 Å². The summed E-state index contributed by atoms with van der Waals surface area (Å²) in [5, 5.41) is 11.0. The Hall–Kier alpha value is -2.24. The van der Waals surface area contributed by atoms with Crippen molar-refractivity contribution in [2.24, 2.45) is 12.0 Å². The molecular formula is C17H27N5O. The number of hydrogen-bond donors (Lipinski definition) is 2. The number of aromatic nitrogens is 2. The molecule has 0 amide bonds. The van der Waals surface area contributed by atoms with E-state index in [4.69, 9.17) is 4.42 Å². The highest BCUT2D eigenvalue weighted by molar-refractivity contribution is 5.80. The van der Waals surface area contributed by atoms with Crippen molar-refractivity contribution < 1.29 is 4.42 Å². The second-order valence-corrected chi connectivity index (χ2v) is 5.64. The van der Waals surface area contributed by atoms with Crippen molar-refractivity contribution in [2.75, 3.05) is 13.1 Å². The van der Waals surface area contributed by atoms with E-state index in [9.17, 15) is 0 Å². The smallest absolute Gasteiger partial charge is 0.191 e. The van der Waals surface area contributed by atoms with Gasteiger partial charge in [-0.3, -0.25) is 9.67 Å². The number of aliphatic imine (C=N–C) groups is 1. The average Bonchev–Trinajstić information content (AvgIpc) is 3.19. The Morgan fingerprint density at radius 1 is 1.39 bits per heavy atom. The lowest BCUT2D eigenvalue weighted by molar-refractivity contribution is 0.510. The molecule has 6 heteroatoms. The second-order valence-electron chi connectivity index (χ2n) is 5.64. The Morgan fingerprint density at radius 3 is 2.91 bits per heavy atom. The van der Waals surface area contributed by atoms with Crippen LogP contribution in [0.25, 0.3) is 0 Å². The minimum absolute atomic E-state index is 0.390. The third-order valence-electron chi connectivity index (χ3n) is 3.80. The molecule has 0 bridgehead atoms. The van der Waals surface area contributed by atoms with Crippen LogP contribution in [0.1, 0.15) is 31.7 Å². The van der Waals surface area contributed by atoms with Gasteiger partial charge in [0.1, 0.15) is 5.76 Å². The highest BCUT2D eigenvalue weighted by atomic mass is 16.3. The van der Waals surface area contributed by atoms with Gasteiger partial charge in [-0.2, -0.15) is 5.10 Å². The van der Waals surface area contributed by atoms with Crippen molar-refractivity contribution in [1.82, 2.24) is 20.4 Å². The Kier molecular flexibility index (Phi) is 6.72. The molecular weight excluding hydrogens is 290 g/mol. The first-order valence-corrected chi connectivity index (χ1v) is 8.23. The Labute approximate surface area is 138 Å². The first-order chi connectivity index (χ1) is 11.2. The fourth-order valence-electron chi connectivity index (χ4n) is 2.18. The monoisotopic (exact) mass is 317 g/mol. The van der Waals surface area contributed by atoms with Gasteiger partial charge in [-0.15, -0.1) is 0 Å². The van der Waals surface area contributed by atoms with E-state index >= 15 is 0 Å². The van der Waals surface area contributed by atoms with Gasteiger partial charge in [0.05, 0.1) is 6.26 Å². The second kappa shape index (κ2) is 9.02. The summed E-state index contributed by atoms with van der Waals surface area (Å²) in [6.07, 6.45) is 6.30. The maximum Gasteiger partial charge on any atom is 0.191 e. The third kappa shape index (κ3) is 5.81. The van der Waals surface area contributed by atoms with Gasteiger partial charge in [-0.05, 0) is 31.5 Å². The van der Waals surface area contributed by atoms with E-state index in [1.807, 2.05) is 36.1 Å². The molecule has 0 radical (unpaired) electrons. The highest BCUT2D eigenvalue weighted by Gasteiger charge is 2.05. The molecule has 0 aliphatic heterocycles. The molecule has 2 N–H and O–H groups in total. The molecule has 2 heterocycles. The molecule has 0 saturated heterocycles. The van der Waals surface area contributed by atoms with Crippen LogP contribution in [0.3, 0.4) is 0 Å². The van der Waals surface area contributed by atoms with Crippen LogP contribution in [0, 0.1) is 0 Å². The van der Waals surface area contributed by atoms with Crippen LogP contribution >= 0.6 is 0 Å². The van der Waals surface area contributed by atoms with E-state index in [2.05, 4.69) is 34.6 Å². The quantitative estimate of drug-likeness (QED) is 0.578. The number of hydrogen-bond acceptors (Lipinski definition) is 3. The summed E-state index contributed by atoms with van der Waals surface area (Å²) in [6.45, 7) is 5.84. The van der Waals surface area contributed by atoms with E-state index in [0.717, 1.165) is 37.5 Å². The van der Waals surface area contributed by atoms with Crippen LogP contribution in [0.5, 0.6) is 0 Å². The summed E-state index contributed by atoms with van der Waals surface area (Å²) in [6, 6.07) is 6.32. The maximum atomic E-state index is 5.34. The molecule has 0 spiro atoms. The van der Waals surface area contributed by atoms with Crippen molar-refractivity contribution in [3.05, 3.63) is 42.1 Å². The Bertz CT molecular complexity index is 588. The summed E-state index contributed by atoms with van der Waals surface area (Å²) >= 11 is 0. The third-order valence-corrected chi connectivity index (χ3v) is 3.80. The van der Waals surface area contributed by atoms with Crippen LogP contribution in [0.4, 0.5) is 0 Å². The van der Waals surface area contributed by atoms with Crippen LogP contribution in [-0.4, -0.2) is 34.9 Å². The molecule has 2 aromatic rings. The van der Waals surface area contributed by atoms with Gasteiger partial charge in [0.15, 0.2) is 5.96 Å². The number of furan rings is 1. The topological polar surface area (TPSA) is 67.4 Å². The summed E-state index contributed by atoms with van der Waals surface area (Å²) in [4.78, 5) is 4.64. The first-order valence-electron chi connectivity index (χ1n) is 8.23. The SMILES string of the molecule is CCC(C)NC(=NCCc1ccco1)NCCc1ccnn1C. The maximum absolute atomic E-state index is 5.34. The zero-order valence-electron chi connectivity index (χ0n) is 14.2. The molecule has 2 rings (SSSR count). The minimum atomic E-state index is 0.390. The van der Waals surface area contributed by atoms with Crippen molar-refractivity contribution in [3.8, 4) is 0 Å². The molecule has 6 nitrogen and oxygen atoms in total. The van der Waals surface area contributed by atoms with Gasteiger partial charge in [0.25, 0.3) is 0 Å². The summed E-state index contributed by atoms with van der Waals surface area (Å²) in [5.74, 6) is 1.82. The molecule has 23 heavy (non-hydrogen) atoms. The molecule has 0 aliphatic carbocycles. The molecule has 1 unspecified atom stereocenters. The van der Waals surface area contributed by atoms with Gasteiger partial charge in [-0.1, -0.05) is 6.92 Å². The molecule has 126 valence electrons. The summed E-state index contributed by atoms with van der Waals surface area (Å²) < 4.78 is 7.24. The van der Waals surface area contributed by atoms with Crippen LogP contribution in [-0.2, 0) is 19.9 Å². The molecule has 2 aromatic heterocycles. The van der Waals surface area contributed by atoms with Crippen LogP contribution < -0.4 is 10.6 Å². The number of guanidine groups is 1. The Morgan fingerprint density at radius 2 is 2.26 bits per heavy atom. The van der Waals surface area contributed by atoms with Gasteiger partial charge in [0.2, 0.25) is 0 Å². The molecule has 0 aliphatic rings. The predicted octanol–water partition coefficient (Wildman–Crippen LogP) is 2.13. The summed E-state index contributed by atoms with van der Waals surface area (Å²) in [7, 11) is 1.96. The largest absolute Gasteiger partial charge is 0.469 e. The van der Waals surface area contributed by atoms with Crippen molar-refractivity contribution in [3.63, 3.8) is 0 Å². The molecule has 0 fully saturated rings. The number of aryl methyl sites for hydroxylation is 1. The first kappa shape index (κ1) is 17.1. The van der Waals surface area contributed by atoms with Gasteiger partial charge >= 0.3 is 0 Å². The van der Waals surface area contributed by atoms with E-state index < -0.39 is 0 Å². The van der Waals surface area contributed by atoms with E-state index in [-0.39, 0.29) is 0 Å². The van der Waals surface area contributed by atoms with Gasteiger partial charge in [-0.25, -0.2) is 0 Å². The molecule has 1 atom stereocenters. The van der Waals surface area contributed by atoms with Crippen LogP contribution in [0.15, 0.2) is 40.1 Å². The summed E-state index contributed by atoms with van der Waals surface area (Å²) in [5.41, 5.74) is 1.20. The predicted molar refractivity (Wildman–Crippen MR) is 92.5 cm³/mol. The standard InChI is InChI=1S/C17H27N5O/c1-4-14(2)21-17(19-11-9-16-6-5-13-23-16)18-10-7-15-8-12-20-22(15)3/h5-6,8,12-14H,4,7,9-11H2,1-3H3,(H2,18,19,21). The lowest BCUT2D eigenvalue weighted by atomic mass is 10.2. The highest BCUT2D eigenvalue weighted by Crippen LogP contribution is 2.01. The lowest BCUT2D eigenvalue weighted by Gasteiger charge is -2.17. The van der Waals surface area contributed by atoms with E-state index in [0.29, 0.717) is 12.6 Å². The van der Waals surface area contributed by atoms with E-state index in [1.165, 1.54) is 5.69 Å². The van der Waals surface area contributed by atoms with Gasteiger partial charge in [0, 0.05) is 50.9 Å². The fraction of sp³-hybridized carbons (Fsp3) is 0.529.